The number of pyridine rings is 2. The highest BCUT2D eigenvalue weighted by Crippen LogP contribution is 2.32. The fraction of sp³-hybridized carbons (Fsp3) is 0.278. The van der Waals surface area contributed by atoms with E-state index in [0.29, 0.717) is 11.4 Å². The van der Waals surface area contributed by atoms with Crippen LogP contribution in [-0.2, 0) is 10.3 Å². The first kappa shape index (κ1) is 20.1. The number of ether oxygens (including phenoxy) is 1. The molecule has 29 heavy (non-hydrogen) atoms. The number of halogens is 2. The van der Waals surface area contributed by atoms with Gasteiger partial charge < -0.3 is 15.8 Å². The number of aromatic nitrogens is 2. The molecule has 0 saturated carbocycles. The molecule has 11 heteroatoms. The molecule has 1 unspecified atom stereocenters. The largest absolute Gasteiger partial charge is 0.433 e. The fourth-order valence-corrected chi connectivity index (χ4v) is 2.74. The van der Waals surface area contributed by atoms with Gasteiger partial charge in [0.15, 0.2) is 5.96 Å². The number of alkyl halides is 2. The van der Waals surface area contributed by atoms with Gasteiger partial charge in [0.05, 0.1) is 18.3 Å². The molecule has 0 aliphatic carbocycles. The molecule has 1 atom stereocenters. The van der Waals surface area contributed by atoms with E-state index in [2.05, 4.69) is 25.0 Å². The van der Waals surface area contributed by atoms with Gasteiger partial charge in [0.25, 0.3) is 5.91 Å². The van der Waals surface area contributed by atoms with Crippen molar-refractivity contribution in [3.63, 3.8) is 0 Å². The molecule has 2 amide bonds. The van der Waals surface area contributed by atoms with Crippen LogP contribution in [0.25, 0.3) is 0 Å². The molecule has 2 aromatic rings. The van der Waals surface area contributed by atoms with Gasteiger partial charge in [-0.1, -0.05) is 0 Å². The molecule has 0 aromatic carbocycles. The van der Waals surface area contributed by atoms with Gasteiger partial charge in [0.2, 0.25) is 5.91 Å². The second-order valence-electron chi connectivity index (χ2n) is 6.51. The first-order valence-corrected chi connectivity index (χ1v) is 8.48. The van der Waals surface area contributed by atoms with Crippen molar-refractivity contribution in [2.75, 3.05) is 12.4 Å². The highest BCUT2D eigenvalue weighted by atomic mass is 19.3. The number of hydrogen-bond donors (Lipinski definition) is 2. The summed E-state index contributed by atoms with van der Waals surface area (Å²) in [6, 6.07) is 5.62. The van der Waals surface area contributed by atoms with Crippen molar-refractivity contribution in [2.45, 2.75) is 25.5 Å². The number of anilines is 1. The van der Waals surface area contributed by atoms with Gasteiger partial charge in [0.1, 0.15) is 17.0 Å². The Balaban J connectivity index is 1.78. The Morgan fingerprint density at radius 1 is 1.34 bits per heavy atom. The van der Waals surface area contributed by atoms with Crippen molar-refractivity contribution in [1.82, 2.24) is 14.9 Å². The van der Waals surface area contributed by atoms with Crippen molar-refractivity contribution in [1.29, 1.82) is 0 Å². The van der Waals surface area contributed by atoms with E-state index in [1.807, 2.05) is 0 Å². The third-order valence-corrected chi connectivity index (χ3v) is 4.34. The second-order valence-corrected chi connectivity index (χ2v) is 6.51. The minimum atomic E-state index is -2.98. The van der Waals surface area contributed by atoms with Crippen LogP contribution in [0.3, 0.4) is 0 Å². The number of aliphatic imine (C=N–C) groups is 1. The van der Waals surface area contributed by atoms with Crippen LogP contribution in [0, 0.1) is 0 Å². The van der Waals surface area contributed by atoms with Crippen LogP contribution in [0.4, 0.5) is 14.5 Å². The highest BCUT2D eigenvalue weighted by Gasteiger charge is 2.37. The molecule has 3 heterocycles. The number of guanidine groups is 1. The first-order valence-electron chi connectivity index (χ1n) is 8.48. The third-order valence-electron chi connectivity index (χ3n) is 4.34. The minimum absolute atomic E-state index is 0.00734. The molecule has 3 rings (SSSR count). The summed E-state index contributed by atoms with van der Waals surface area (Å²) in [5, 5.41) is 2.64. The highest BCUT2D eigenvalue weighted by molar-refractivity contribution is 6.03. The number of nitrogens with two attached hydrogens (primary N) is 1. The van der Waals surface area contributed by atoms with E-state index in [-0.39, 0.29) is 29.7 Å². The van der Waals surface area contributed by atoms with E-state index in [9.17, 15) is 18.4 Å². The summed E-state index contributed by atoms with van der Waals surface area (Å²) in [6.45, 7) is -1.25. The SMILES string of the molecule is CN1C(=O)CC(C)(c2cc(NC(=O)c3ccc(OC(F)F)cn3)ccn2)N=C1N. The van der Waals surface area contributed by atoms with Crippen molar-refractivity contribution < 1.29 is 23.1 Å². The summed E-state index contributed by atoms with van der Waals surface area (Å²) in [6.07, 6.45) is 2.57. The molecule has 152 valence electrons. The van der Waals surface area contributed by atoms with E-state index < -0.39 is 18.1 Å². The number of rotatable bonds is 5. The second kappa shape index (κ2) is 7.78. The smallest absolute Gasteiger partial charge is 0.387 e. The summed E-state index contributed by atoms with van der Waals surface area (Å²) >= 11 is 0. The van der Waals surface area contributed by atoms with Gasteiger partial charge in [-0.15, -0.1) is 0 Å². The molecule has 0 radical (unpaired) electrons. The summed E-state index contributed by atoms with van der Waals surface area (Å²) in [5.74, 6) is -0.835. The molecule has 2 aromatic heterocycles. The Kier molecular flexibility index (Phi) is 5.39. The number of carbonyl (C=O) groups is 2. The van der Waals surface area contributed by atoms with Crippen LogP contribution in [0.1, 0.15) is 29.5 Å². The molecule has 0 fully saturated rings. The summed E-state index contributed by atoms with van der Waals surface area (Å²) in [5.41, 5.74) is 5.70. The van der Waals surface area contributed by atoms with Crippen LogP contribution in [0.15, 0.2) is 41.7 Å². The van der Waals surface area contributed by atoms with Crippen LogP contribution < -0.4 is 15.8 Å². The van der Waals surface area contributed by atoms with E-state index >= 15 is 0 Å². The number of nitrogens with one attached hydrogen (secondary N) is 1. The van der Waals surface area contributed by atoms with Crippen LogP contribution in [-0.4, -0.2) is 46.3 Å². The van der Waals surface area contributed by atoms with Crippen LogP contribution in [0.2, 0.25) is 0 Å². The Morgan fingerprint density at radius 2 is 2.10 bits per heavy atom. The van der Waals surface area contributed by atoms with Crippen LogP contribution in [0.5, 0.6) is 5.75 Å². The van der Waals surface area contributed by atoms with E-state index in [1.165, 1.54) is 30.3 Å². The zero-order valence-electron chi connectivity index (χ0n) is 15.6. The van der Waals surface area contributed by atoms with Gasteiger partial charge in [-0.3, -0.25) is 19.5 Å². The van der Waals surface area contributed by atoms with E-state index in [1.54, 1.807) is 19.1 Å². The number of carbonyl (C=O) groups excluding carboxylic acids is 2. The lowest BCUT2D eigenvalue weighted by Gasteiger charge is -2.32. The van der Waals surface area contributed by atoms with Crippen molar-refractivity contribution in [3.8, 4) is 5.75 Å². The summed E-state index contributed by atoms with van der Waals surface area (Å²) in [4.78, 5) is 38.2. The van der Waals surface area contributed by atoms with Gasteiger partial charge in [-0.2, -0.15) is 8.78 Å². The third kappa shape index (κ3) is 4.45. The molecule has 0 spiro atoms. The summed E-state index contributed by atoms with van der Waals surface area (Å²) in [7, 11) is 1.54. The Bertz CT molecular complexity index is 966. The topological polar surface area (TPSA) is 123 Å². The van der Waals surface area contributed by atoms with E-state index in [4.69, 9.17) is 5.73 Å². The number of nitrogens with zero attached hydrogens (tertiary/aromatic N) is 4. The molecule has 1 aliphatic rings. The number of amides is 2. The first-order chi connectivity index (χ1) is 13.7. The quantitative estimate of drug-likeness (QED) is 0.782. The average molecular weight is 404 g/mol. The Labute approximate surface area is 164 Å². The maximum Gasteiger partial charge on any atom is 0.387 e. The average Bonchev–Trinajstić information content (AvgIpc) is 2.66. The lowest BCUT2D eigenvalue weighted by Crippen LogP contribution is -2.47. The summed E-state index contributed by atoms with van der Waals surface area (Å²) < 4.78 is 28.6. The molecule has 0 bridgehead atoms. The zero-order chi connectivity index (χ0) is 21.2. The molecular formula is C18H18F2N6O3. The molecule has 3 N–H and O–H groups in total. The fourth-order valence-electron chi connectivity index (χ4n) is 2.74. The lowest BCUT2D eigenvalue weighted by molar-refractivity contribution is -0.128. The Morgan fingerprint density at radius 3 is 2.72 bits per heavy atom. The maximum absolute atomic E-state index is 12.4. The predicted molar refractivity (Wildman–Crippen MR) is 99.4 cm³/mol. The van der Waals surface area contributed by atoms with Crippen molar-refractivity contribution >= 4 is 23.5 Å². The van der Waals surface area contributed by atoms with Gasteiger partial charge in [-0.05, 0) is 31.2 Å². The molecular weight excluding hydrogens is 386 g/mol. The minimum Gasteiger partial charge on any atom is -0.433 e. The van der Waals surface area contributed by atoms with Gasteiger partial charge >= 0.3 is 6.61 Å². The van der Waals surface area contributed by atoms with Gasteiger partial charge in [0, 0.05) is 18.9 Å². The van der Waals surface area contributed by atoms with Crippen molar-refractivity contribution in [3.05, 3.63) is 48.0 Å². The van der Waals surface area contributed by atoms with Gasteiger partial charge in [-0.25, -0.2) is 9.98 Å². The number of hydrogen-bond acceptors (Lipinski definition) is 7. The molecule has 9 nitrogen and oxygen atoms in total. The predicted octanol–water partition coefficient (Wildman–Crippen LogP) is 1.72. The Hall–Kier alpha value is -3.63. The van der Waals surface area contributed by atoms with Crippen LogP contribution >= 0.6 is 0 Å². The molecule has 0 saturated heterocycles. The van der Waals surface area contributed by atoms with E-state index in [0.717, 1.165) is 6.20 Å². The monoisotopic (exact) mass is 404 g/mol. The normalized spacial score (nSPS) is 19.1. The van der Waals surface area contributed by atoms with Crippen molar-refractivity contribution in [2.24, 2.45) is 10.7 Å². The molecule has 1 aliphatic heterocycles. The zero-order valence-corrected chi connectivity index (χ0v) is 15.6. The lowest BCUT2D eigenvalue weighted by atomic mass is 9.91. The standard InChI is InChI=1S/C18H18F2N6O3/c1-18(8-14(27)26(2)17(21)25-18)13-7-10(5-6-22-13)24-15(28)12-4-3-11(9-23-12)29-16(19)20/h3-7,9,16H,8H2,1-2H3,(H2,21,25)(H,22,24,28). The maximum atomic E-state index is 12.4.